The Kier molecular flexibility index (Phi) is 6.28. The third-order valence-corrected chi connectivity index (χ3v) is 3.70. The standard InChI is InChI=1S/C19H27NO5/c1-13(7-5-6-10-20-18(22)25-19(2,3)4)24-15-8-9-16-14(11-15)12-23-17(16)21/h8-9,11,13H,5-7,10,12H2,1-4H3,(H,20,22). The lowest BCUT2D eigenvalue weighted by atomic mass is 10.1. The van der Waals surface area contributed by atoms with Crippen LogP contribution in [0.15, 0.2) is 18.2 Å². The van der Waals surface area contributed by atoms with Crippen LogP contribution in [0.5, 0.6) is 5.75 Å². The number of rotatable bonds is 7. The summed E-state index contributed by atoms with van der Waals surface area (Å²) in [5.41, 5.74) is 1.02. The highest BCUT2D eigenvalue weighted by atomic mass is 16.6. The lowest BCUT2D eigenvalue weighted by Crippen LogP contribution is -2.33. The van der Waals surface area contributed by atoms with Gasteiger partial charge in [-0.25, -0.2) is 9.59 Å². The second kappa shape index (κ2) is 8.23. The Bertz CT molecular complexity index is 621. The van der Waals surface area contributed by atoms with E-state index >= 15 is 0 Å². The van der Waals surface area contributed by atoms with E-state index in [1.54, 1.807) is 12.1 Å². The van der Waals surface area contributed by atoms with Crippen molar-refractivity contribution < 1.29 is 23.8 Å². The summed E-state index contributed by atoms with van der Waals surface area (Å²) >= 11 is 0. The van der Waals surface area contributed by atoms with Crippen molar-refractivity contribution in [1.82, 2.24) is 5.32 Å². The van der Waals surface area contributed by atoms with Crippen molar-refractivity contribution in [3.8, 4) is 5.75 Å². The summed E-state index contributed by atoms with van der Waals surface area (Å²) in [5.74, 6) is 0.475. The summed E-state index contributed by atoms with van der Waals surface area (Å²) in [4.78, 5) is 22.9. The predicted molar refractivity (Wildman–Crippen MR) is 93.7 cm³/mol. The number of amides is 1. The molecule has 0 bridgehead atoms. The molecular weight excluding hydrogens is 322 g/mol. The van der Waals surface area contributed by atoms with Gasteiger partial charge in [-0.05, 0) is 65.2 Å². The minimum atomic E-state index is -0.474. The van der Waals surface area contributed by atoms with Crippen LogP contribution in [0.3, 0.4) is 0 Å². The molecule has 0 spiro atoms. The smallest absolute Gasteiger partial charge is 0.407 e. The number of benzene rings is 1. The van der Waals surface area contributed by atoms with Crippen LogP contribution >= 0.6 is 0 Å². The molecule has 0 aromatic heterocycles. The number of hydrogen-bond acceptors (Lipinski definition) is 5. The number of hydrogen-bond donors (Lipinski definition) is 1. The summed E-state index contributed by atoms with van der Waals surface area (Å²) in [6, 6.07) is 5.41. The quantitative estimate of drug-likeness (QED) is 0.598. The molecule has 2 rings (SSSR count). The molecule has 0 saturated carbocycles. The van der Waals surface area contributed by atoms with Gasteiger partial charge in [0.1, 0.15) is 18.0 Å². The van der Waals surface area contributed by atoms with Crippen LogP contribution in [0, 0.1) is 0 Å². The fraction of sp³-hybridized carbons (Fsp3) is 0.579. The van der Waals surface area contributed by atoms with Crippen molar-refractivity contribution in [2.75, 3.05) is 6.54 Å². The van der Waals surface area contributed by atoms with Crippen molar-refractivity contribution in [3.05, 3.63) is 29.3 Å². The van der Waals surface area contributed by atoms with Crippen molar-refractivity contribution in [2.24, 2.45) is 0 Å². The molecule has 0 radical (unpaired) electrons. The molecule has 1 aromatic carbocycles. The van der Waals surface area contributed by atoms with Crippen molar-refractivity contribution >= 4 is 12.1 Å². The highest BCUT2D eigenvalue weighted by Crippen LogP contribution is 2.25. The van der Waals surface area contributed by atoms with E-state index in [-0.39, 0.29) is 18.2 Å². The topological polar surface area (TPSA) is 73.9 Å². The van der Waals surface area contributed by atoms with E-state index in [1.165, 1.54) is 0 Å². The average Bonchev–Trinajstić information content (AvgIpc) is 2.86. The van der Waals surface area contributed by atoms with Gasteiger partial charge in [-0.1, -0.05) is 0 Å². The van der Waals surface area contributed by atoms with Gasteiger partial charge in [-0.15, -0.1) is 0 Å². The molecule has 0 aliphatic carbocycles. The molecule has 1 atom stereocenters. The molecular formula is C19H27NO5. The molecule has 0 fully saturated rings. The Balaban J connectivity index is 1.64. The van der Waals surface area contributed by atoms with Crippen LogP contribution in [0.4, 0.5) is 4.79 Å². The molecule has 6 nitrogen and oxygen atoms in total. The first kappa shape index (κ1) is 19.1. The molecule has 1 aromatic rings. The fourth-order valence-corrected chi connectivity index (χ4v) is 2.54. The SMILES string of the molecule is CC(CCCCNC(=O)OC(C)(C)C)Oc1ccc2c(c1)COC2=O. The maximum Gasteiger partial charge on any atom is 0.407 e. The molecule has 138 valence electrons. The maximum atomic E-state index is 11.5. The zero-order valence-electron chi connectivity index (χ0n) is 15.4. The third-order valence-electron chi connectivity index (χ3n) is 3.70. The molecule has 25 heavy (non-hydrogen) atoms. The maximum absolute atomic E-state index is 11.5. The molecule has 0 saturated heterocycles. The summed E-state index contributed by atoms with van der Waals surface area (Å²) in [6.07, 6.45) is 2.34. The number of alkyl carbamates (subject to hydrolysis) is 1. The number of ether oxygens (including phenoxy) is 3. The van der Waals surface area contributed by atoms with E-state index in [9.17, 15) is 9.59 Å². The second-order valence-corrected chi connectivity index (χ2v) is 7.25. The third kappa shape index (κ3) is 6.29. The Morgan fingerprint density at radius 1 is 1.32 bits per heavy atom. The van der Waals surface area contributed by atoms with Gasteiger partial charge in [0.2, 0.25) is 0 Å². The van der Waals surface area contributed by atoms with Gasteiger partial charge in [-0.3, -0.25) is 0 Å². The largest absolute Gasteiger partial charge is 0.491 e. The average molecular weight is 349 g/mol. The Hall–Kier alpha value is -2.24. The van der Waals surface area contributed by atoms with E-state index < -0.39 is 5.60 Å². The summed E-state index contributed by atoms with van der Waals surface area (Å²) in [6.45, 7) is 8.43. The lowest BCUT2D eigenvalue weighted by Gasteiger charge is -2.19. The van der Waals surface area contributed by atoms with E-state index in [4.69, 9.17) is 14.2 Å². The second-order valence-electron chi connectivity index (χ2n) is 7.25. The normalized spacial score (nSPS) is 14.5. The van der Waals surface area contributed by atoms with Crippen LogP contribution < -0.4 is 10.1 Å². The van der Waals surface area contributed by atoms with Crippen LogP contribution in [0.1, 0.15) is 62.9 Å². The first-order chi connectivity index (χ1) is 11.7. The number of carbonyl (C=O) groups is 2. The number of carbonyl (C=O) groups excluding carboxylic acids is 2. The van der Waals surface area contributed by atoms with Gasteiger partial charge in [0.05, 0.1) is 11.7 Å². The first-order valence-electron chi connectivity index (χ1n) is 8.68. The van der Waals surface area contributed by atoms with E-state index in [1.807, 2.05) is 33.8 Å². The molecule has 6 heteroatoms. The summed E-state index contributed by atoms with van der Waals surface area (Å²) in [5, 5.41) is 2.75. The van der Waals surface area contributed by atoms with E-state index in [0.29, 0.717) is 18.7 Å². The minimum Gasteiger partial charge on any atom is -0.491 e. The zero-order valence-corrected chi connectivity index (χ0v) is 15.4. The van der Waals surface area contributed by atoms with E-state index in [0.717, 1.165) is 30.6 Å². The Morgan fingerprint density at radius 3 is 2.80 bits per heavy atom. The van der Waals surface area contributed by atoms with Gasteiger partial charge in [0.25, 0.3) is 0 Å². The first-order valence-corrected chi connectivity index (χ1v) is 8.68. The number of nitrogens with one attached hydrogen (secondary N) is 1. The predicted octanol–water partition coefficient (Wildman–Crippen LogP) is 3.82. The fourth-order valence-electron chi connectivity index (χ4n) is 2.54. The highest BCUT2D eigenvalue weighted by molar-refractivity contribution is 5.93. The molecule has 1 unspecified atom stereocenters. The number of unbranched alkanes of at least 4 members (excludes halogenated alkanes) is 1. The molecule has 1 aliphatic heterocycles. The number of cyclic esters (lactones) is 1. The van der Waals surface area contributed by atoms with Crippen LogP contribution in [0.2, 0.25) is 0 Å². The van der Waals surface area contributed by atoms with Crippen LogP contribution in [0.25, 0.3) is 0 Å². The number of esters is 1. The number of fused-ring (bicyclic) bond motifs is 1. The summed E-state index contributed by atoms with van der Waals surface area (Å²) in [7, 11) is 0. The molecule has 1 N–H and O–H groups in total. The van der Waals surface area contributed by atoms with Crippen molar-refractivity contribution in [1.29, 1.82) is 0 Å². The van der Waals surface area contributed by atoms with Crippen LogP contribution in [-0.2, 0) is 16.1 Å². The highest BCUT2D eigenvalue weighted by Gasteiger charge is 2.21. The monoisotopic (exact) mass is 349 g/mol. The van der Waals surface area contributed by atoms with Crippen molar-refractivity contribution in [3.63, 3.8) is 0 Å². The van der Waals surface area contributed by atoms with Gasteiger partial charge in [0.15, 0.2) is 0 Å². The van der Waals surface area contributed by atoms with Gasteiger partial charge in [0, 0.05) is 12.1 Å². The van der Waals surface area contributed by atoms with Gasteiger partial charge >= 0.3 is 12.1 Å². The van der Waals surface area contributed by atoms with Crippen LogP contribution in [-0.4, -0.2) is 30.3 Å². The lowest BCUT2D eigenvalue weighted by molar-refractivity contribution is 0.0519. The zero-order chi connectivity index (χ0) is 18.4. The van der Waals surface area contributed by atoms with E-state index in [2.05, 4.69) is 5.32 Å². The summed E-state index contributed by atoms with van der Waals surface area (Å²) < 4.78 is 16.1. The minimum absolute atomic E-state index is 0.0533. The molecule has 1 aliphatic rings. The Labute approximate surface area is 148 Å². The van der Waals surface area contributed by atoms with Gasteiger partial charge < -0.3 is 19.5 Å². The molecule has 1 amide bonds. The van der Waals surface area contributed by atoms with Gasteiger partial charge in [-0.2, -0.15) is 0 Å². The molecule has 1 heterocycles. The Morgan fingerprint density at radius 2 is 2.08 bits per heavy atom. The van der Waals surface area contributed by atoms with Crippen molar-refractivity contribution in [2.45, 2.75) is 65.3 Å².